The van der Waals surface area contributed by atoms with Gasteiger partial charge in [0.25, 0.3) is 0 Å². The van der Waals surface area contributed by atoms with Gasteiger partial charge in [-0.2, -0.15) is 0 Å². The zero-order valence-corrected chi connectivity index (χ0v) is 16.2. The lowest BCUT2D eigenvalue weighted by Gasteiger charge is -2.48. The molecule has 6 nitrogen and oxygen atoms in total. The van der Waals surface area contributed by atoms with E-state index in [4.69, 9.17) is 10.5 Å². The molecule has 0 spiro atoms. The van der Waals surface area contributed by atoms with E-state index in [1.165, 1.54) is 16.2 Å². The van der Waals surface area contributed by atoms with Crippen LogP contribution in [0.5, 0.6) is 0 Å². The summed E-state index contributed by atoms with van der Waals surface area (Å²) >= 11 is 3.09. The summed E-state index contributed by atoms with van der Waals surface area (Å²) in [6.45, 7) is 7.35. The van der Waals surface area contributed by atoms with Crippen molar-refractivity contribution in [2.24, 2.45) is 5.73 Å². The SMILES string of the molecule is Cc1ncsc1/C=C\C1=C(C(=O)OC(C)(C)C)N2C(=O)C(N)[C@@H]2SC1. The molecule has 0 aromatic carbocycles. The van der Waals surface area contributed by atoms with Crippen LogP contribution in [0.15, 0.2) is 22.9 Å². The average Bonchev–Trinajstić information content (AvgIpc) is 2.94. The summed E-state index contributed by atoms with van der Waals surface area (Å²) < 4.78 is 5.52. The topological polar surface area (TPSA) is 85.5 Å². The molecule has 1 unspecified atom stereocenters. The van der Waals surface area contributed by atoms with Crippen LogP contribution in [0.1, 0.15) is 31.3 Å². The Bertz CT molecular complexity index is 776. The van der Waals surface area contributed by atoms with Crippen LogP contribution in [0, 0.1) is 6.92 Å². The normalized spacial score (nSPS) is 23.7. The molecule has 2 aliphatic rings. The molecule has 25 heavy (non-hydrogen) atoms. The van der Waals surface area contributed by atoms with Crippen molar-refractivity contribution in [3.8, 4) is 0 Å². The van der Waals surface area contributed by atoms with Crippen molar-refractivity contribution < 1.29 is 14.3 Å². The molecule has 2 atom stereocenters. The lowest BCUT2D eigenvalue weighted by Crippen LogP contribution is -2.68. The Kier molecular flexibility index (Phi) is 4.78. The molecule has 1 fully saturated rings. The fourth-order valence-corrected chi connectivity index (χ4v) is 4.59. The number of thiazole rings is 1. The minimum atomic E-state index is -0.636. The Labute approximate surface area is 155 Å². The van der Waals surface area contributed by atoms with Gasteiger partial charge >= 0.3 is 5.97 Å². The maximum Gasteiger partial charge on any atom is 0.355 e. The van der Waals surface area contributed by atoms with Crippen molar-refractivity contribution in [2.75, 3.05) is 5.75 Å². The van der Waals surface area contributed by atoms with Gasteiger partial charge in [-0.25, -0.2) is 9.78 Å². The van der Waals surface area contributed by atoms with Gasteiger partial charge in [-0.3, -0.25) is 9.69 Å². The van der Waals surface area contributed by atoms with Gasteiger partial charge < -0.3 is 10.5 Å². The van der Waals surface area contributed by atoms with Crippen molar-refractivity contribution >= 4 is 41.1 Å². The molecule has 134 valence electrons. The van der Waals surface area contributed by atoms with Crippen LogP contribution >= 0.6 is 23.1 Å². The molecule has 2 N–H and O–H groups in total. The third-order valence-electron chi connectivity index (χ3n) is 3.85. The molecule has 2 aliphatic heterocycles. The number of aromatic nitrogens is 1. The molecule has 3 heterocycles. The highest BCUT2D eigenvalue weighted by Crippen LogP contribution is 2.40. The van der Waals surface area contributed by atoms with Crippen molar-refractivity contribution in [1.82, 2.24) is 9.88 Å². The van der Waals surface area contributed by atoms with Gasteiger partial charge in [0, 0.05) is 10.6 Å². The Morgan fingerprint density at radius 2 is 2.16 bits per heavy atom. The largest absolute Gasteiger partial charge is 0.455 e. The van der Waals surface area contributed by atoms with Gasteiger partial charge in [0.1, 0.15) is 22.7 Å². The quantitative estimate of drug-likeness (QED) is 0.641. The van der Waals surface area contributed by atoms with E-state index < -0.39 is 17.6 Å². The van der Waals surface area contributed by atoms with Crippen LogP contribution in [0.2, 0.25) is 0 Å². The number of esters is 1. The van der Waals surface area contributed by atoms with Crippen LogP contribution in [0.4, 0.5) is 0 Å². The van der Waals surface area contributed by atoms with Gasteiger partial charge in [0.05, 0.1) is 11.2 Å². The average molecular weight is 380 g/mol. The Hall–Kier alpha value is -1.64. The predicted molar refractivity (Wildman–Crippen MR) is 99.8 cm³/mol. The Balaban J connectivity index is 1.97. The molecule has 1 aromatic heterocycles. The summed E-state index contributed by atoms with van der Waals surface area (Å²) in [5.74, 6) is -0.123. The second-order valence-electron chi connectivity index (χ2n) is 6.95. The smallest absolute Gasteiger partial charge is 0.355 e. The van der Waals surface area contributed by atoms with Gasteiger partial charge in [-0.15, -0.1) is 23.1 Å². The minimum Gasteiger partial charge on any atom is -0.455 e. The van der Waals surface area contributed by atoms with Gasteiger partial charge in [-0.1, -0.05) is 6.08 Å². The number of carbonyl (C=O) groups excluding carboxylic acids is 2. The van der Waals surface area contributed by atoms with Crippen LogP contribution in [-0.4, -0.2) is 44.5 Å². The number of thioether (sulfide) groups is 1. The number of nitrogens with zero attached hydrogens (tertiary/aromatic N) is 2. The second-order valence-corrected chi connectivity index (χ2v) is 8.94. The third kappa shape index (κ3) is 3.51. The number of carbonyl (C=O) groups is 2. The first-order valence-electron chi connectivity index (χ1n) is 7.94. The number of β-lactam (4-membered cyclic amide) rings is 1. The maximum absolute atomic E-state index is 12.7. The molecule has 0 saturated carbocycles. The zero-order chi connectivity index (χ0) is 18.4. The summed E-state index contributed by atoms with van der Waals surface area (Å²) in [5.41, 5.74) is 9.03. The highest BCUT2D eigenvalue weighted by Gasteiger charge is 2.52. The molecule has 3 rings (SSSR count). The highest BCUT2D eigenvalue weighted by molar-refractivity contribution is 8.00. The zero-order valence-electron chi connectivity index (χ0n) is 14.6. The summed E-state index contributed by atoms with van der Waals surface area (Å²) in [4.78, 5) is 31.7. The predicted octanol–water partition coefficient (Wildman–Crippen LogP) is 2.30. The summed E-state index contributed by atoms with van der Waals surface area (Å²) in [5, 5.41) is -0.197. The number of hydrogen-bond acceptors (Lipinski definition) is 7. The molecule has 0 bridgehead atoms. The number of fused-ring (bicyclic) bond motifs is 1. The summed E-state index contributed by atoms with van der Waals surface area (Å²) in [6, 6.07) is -0.559. The second kappa shape index (κ2) is 6.59. The number of allylic oxidation sites excluding steroid dienone is 1. The van der Waals surface area contributed by atoms with E-state index in [1.807, 2.05) is 19.1 Å². The highest BCUT2D eigenvalue weighted by atomic mass is 32.2. The van der Waals surface area contributed by atoms with E-state index in [0.717, 1.165) is 16.1 Å². The standard InChI is InChI=1S/C17H21N3O3S2/c1-9-11(25-8-19-9)6-5-10-7-24-15-12(18)14(21)20(15)13(10)16(22)23-17(2,3)4/h5-6,8,12,15H,7,18H2,1-4H3/b6-5-/t12?,15-/m0/s1. The van der Waals surface area contributed by atoms with E-state index in [-0.39, 0.29) is 11.3 Å². The van der Waals surface area contributed by atoms with Crippen molar-refractivity contribution in [3.05, 3.63) is 33.4 Å². The fourth-order valence-electron chi connectivity index (χ4n) is 2.63. The fraction of sp³-hybridized carbons (Fsp3) is 0.471. The monoisotopic (exact) mass is 379 g/mol. The third-order valence-corrected chi connectivity index (χ3v) is 6.07. The van der Waals surface area contributed by atoms with Crippen molar-refractivity contribution in [1.29, 1.82) is 0 Å². The van der Waals surface area contributed by atoms with E-state index in [9.17, 15) is 9.59 Å². The minimum absolute atomic E-state index is 0.197. The lowest BCUT2D eigenvalue weighted by atomic mass is 10.0. The lowest BCUT2D eigenvalue weighted by molar-refractivity contribution is -0.157. The first kappa shape index (κ1) is 18.2. The molecule has 0 radical (unpaired) electrons. The maximum atomic E-state index is 12.7. The molecule has 1 saturated heterocycles. The molecule has 8 heteroatoms. The first-order valence-corrected chi connectivity index (χ1v) is 9.87. The number of hydrogen-bond donors (Lipinski definition) is 1. The molecular weight excluding hydrogens is 358 g/mol. The van der Waals surface area contributed by atoms with E-state index in [0.29, 0.717) is 11.4 Å². The van der Waals surface area contributed by atoms with Crippen molar-refractivity contribution in [2.45, 2.75) is 44.7 Å². The van der Waals surface area contributed by atoms with E-state index >= 15 is 0 Å². The molecule has 1 amide bonds. The number of amides is 1. The number of ether oxygens (including phenoxy) is 1. The summed E-state index contributed by atoms with van der Waals surface area (Å²) in [6.07, 6.45) is 3.80. The first-order chi connectivity index (χ1) is 11.7. The van der Waals surface area contributed by atoms with Gasteiger partial charge in [0.15, 0.2) is 0 Å². The van der Waals surface area contributed by atoms with Crippen LogP contribution in [-0.2, 0) is 14.3 Å². The Morgan fingerprint density at radius 1 is 1.44 bits per heavy atom. The van der Waals surface area contributed by atoms with Crippen LogP contribution in [0.25, 0.3) is 6.08 Å². The van der Waals surface area contributed by atoms with Crippen LogP contribution < -0.4 is 5.73 Å². The molecule has 1 aromatic rings. The van der Waals surface area contributed by atoms with Crippen molar-refractivity contribution in [3.63, 3.8) is 0 Å². The molecular formula is C17H21N3O3S2. The van der Waals surface area contributed by atoms with Gasteiger partial charge in [0.2, 0.25) is 5.91 Å². The van der Waals surface area contributed by atoms with E-state index in [1.54, 1.807) is 38.0 Å². The Morgan fingerprint density at radius 3 is 2.76 bits per heavy atom. The number of nitrogens with two attached hydrogens (primary N) is 1. The van der Waals surface area contributed by atoms with Gasteiger partial charge in [-0.05, 0) is 39.3 Å². The number of aryl methyl sites for hydroxylation is 1. The van der Waals surface area contributed by atoms with Crippen LogP contribution in [0.3, 0.4) is 0 Å². The summed E-state index contributed by atoms with van der Waals surface area (Å²) in [7, 11) is 0. The molecule has 0 aliphatic carbocycles. The number of rotatable bonds is 3. The van der Waals surface area contributed by atoms with E-state index in [2.05, 4.69) is 4.98 Å².